The first-order valence-electron chi connectivity index (χ1n) is 5.88. The maximum Gasteiger partial charge on any atom is 0.232 e. The first kappa shape index (κ1) is 15.5. The van der Waals surface area contributed by atoms with Gasteiger partial charge < -0.3 is 5.11 Å². The van der Waals surface area contributed by atoms with Crippen molar-refractivity contribution in [1.29, 1.82) is 0 Å². The van der Waals surface area contributed by atoms with Crippen LogP contribution < -0.4 is 4.72 Å². The zero-order valence-electron chi connectivity index (χ0n) is 10.6. The van der Waals surface area contributed by atoms with Gasteiger partial charge in [-0.15, -0.1) is 0 Å². The van der Waals surface area contributed by atoms with E-state index in [-0.39, 0.29) is 23.6 Å². The number of benzene rings is 1. The zero-order valence-corrected chi connectivity index (χ0v) is 11.4. The standard InChI is InChI=1S/C13H16FNO3S/c1-2-3-9-19(17,18)15-13-7-6-12(14)10-11(13)5-4-8-16/h6-7,10,15-16H,2-3,8-9H2,1H3. The SMILES string of the molecule is CCCCS(=O)(=O)Nc1ccc(F)cc1C#CCO. The highest BCUT2D eigenvalue weighted by molar-refractivity contribution is 7.92. The highest BCUT2D eigenvalue weighted by Gasteiger charge is 2.12. The largest absolute Gasteiger partial charge is 0.384 e. The molecule has 4 nitrogen and oxygen atoms in total. The second kappa shape index (κ2) is 7.12. The van der Waals surface area contributed by atoms with Crippen molar-refractivity contribution in [1.82, 2.24) is 0 Å². The van der Waals surface area contributed by atoms with Gasteiger partial charge in [-0.3, -0.25) is 4.72 Å². The molecule has 19 heavy (non-hydrogen) atoms. The summed E-state index contributed by atoms with van der Waals surface area (Å²) in [5, 5.41) is 8.63. The number of aliphatic hydroxyl groups excluding tert-OH is 1. The Morgan fingerprint density at radius 1 is 1.42 bits per heavy atom. The summed E-state index contributed by atoms with van der Waals surface area (Å²) in [5.74, 6) is 4.37. The molecule has 0 atom stereocenters. The molecular formula is C13H16FNO3S. The Labute approximate surface area is 112 Å². The molecule has 104 valence electrons. The van der Waals surface area contributed by atoms with Crippen molar-refractivity contribution in [3.05, 3.63) is 29.6 Å². The Hall–Kier alpha value is -1.58. The lowest BCUT2D eigenvalue weighted by Crippen LogP contribution is -2.17. The summed E-state index contributed by atoms with van der Waals surface area (Å²) >= 11 is 0. The molecule has 0 aromatic heterocycles. The van der Waals surface area contributed by atoms with Gasteiger partial charge in [0.05, 0.1) is 17.0 Å². The lowest BCUT2D eigenvalue weighted by atomic mass is 10.2. The Balaban J connectivity index is 3.00. The van der Waals surface area contributed by atoms with Crippen LogP contribution >= 0.6 is 0 Å². The maximum absolute atomic E-state index is 13.1. The van der Waals surface area contributed by atoms with Gasteiger partial charge in [0.1, 0.15) is 12.4 Å². The van der Waals surface area contributed by atoms with E-state index in [2.05, 4.69) is 16.6 Å². The van der Waals surface area contributed by atoms with Crippen LogP contribution in [0.3, 0.4) is 0 Å². The van der Waals surface area contributed by atoms with Gasteiger partial charge in [-0.25, -0.2) is 12.8 Å². The summed E-state index contributed by atoms with van der Waals surface area (Å²) in [6, 6.07) is 3.60. The van der Waals surface area contributed by atoms with Gasteiger partial charge >= 0.3 is 0 Å². The van der Waals surface area contributed by atoms with Crippen molar-refractivity contribution in [2.24, 2.45) is 0 Å². The Bertz CT molecular complexity index is 588. The van der Waals surface area contributed by atoms with E-state index in [1.165, 1.54) is 6.07 Å². The van der Waals surface area contributed by atoms with E-state index in [1.807, 2.05) is 6.92 Å². The molecule has 0 saturated heterocycles. The van der Waals surface area contributed by atoms with Crippen LogP contribution in [0.4, 0.5) is 10.1 Å². The fourth-order valence-electron chi connectivity index (χ4n) is 1.40. The highest BCUT2D eigenvalue weighted by Crippen LogP contribution is 2.18. The molecule has 0 aliphatic heterocycles. The normalized spacial score (nSPS) is 10.7. The summed E-state index contributed by atoms with van der Waals surface area (Å²) in [6.07, 6.45) is 1.32. The monoisotopic (exact) mass is 285 g/mol. The average Bonchev–Trinajstić information content (AvgIpc) is 2.36. The number of nitrogens with one attached hydrogen (secondary N) is 1. The van der Waals surface area contributed by atoms with Gasteiger partial charge in [-0.05, 0) is 24.6 Å². The zero-order chi connectivity index (χ0) is 14.3. The molecule has 0 fully saturated rings. The van der Waals surface area contributed by atoms with Crippen LogP contribution in [0, 0.1) is 17.7 Å². The van der Waals surface area contributed by atoms with E-state index < -0.39 is 15.8 Å². The van der Waals surface area contributed by atoms with E-state index in [0.29, 0.717) is 6.42 Å². The van der Waals surface area contributed by atoms with Gasteiger partial charge in [0.25, 0.3) is 0 Å². The molecule has 0 radical (unpaired) electrons. The number of anilines is 1. The Morgan fingerprint density at radius 2 is 2.16 bits per heavy atom. The van der Waals surface area contributed by atoms with Gasteiger partial charge in [0.2, 0.25) is 10.0 Å². The van der Waals surface area contributed by atoms with Crippen molar-refractivity contribution >= 4 is 15.7 Å². The number of hydrogen-bond acceptors (Lipinski definition) is 3. The van der Waals surface area contributed by atoms with E-state index in [4.69, 9.17) is 5.11 Å². The van der Waals surface area contributed by atoms with Crippen LogP contribution in [-0.2, 0) is 10.0 Å². The number of sulfonamides is 1. The molecule has 1 rings (SSSR count). The molecule has 1 aromatic rings. The molecule has 0 aliphatic carbocycles. The van der Waals surface area contributed by atoms with Crippen molar-refractivity contribution in [2.75, 3.05) is 17.1 Å². The third kappa shape index (κ3) is 5.28. The number of halogens is 1. The average molecular weight is 285 g/mol. The molecule has 0 saturated carbocycles. The van der Waals surface area contributed by atoms with Gasteiger partial charge in [0, 0.05) is 0 Å². The number of aliphatic hydroxyl groups is 1. The summed E-state index contributed by atoms with van der Waals surface area (Å²) < 4.78 is 39.0. The van der Waals surface area contributed by atoms with Crippen LogP contribution in [0.15, 0.2) is 18.2 Å². The third-order valence-electron chi connectivity index (χ3n) is 2.32. The minimum atomic E-state index is -3.46. The third-order valence-corrected chi connectivity index (χ3v) is 3.67. The predicted molar refractivity (Wildman–Crippen MR) is 72.7 cm³/mol. The first-order valence-corrected chi connectivity index (χ1v) is 7.53. The van der Waals surface area contributed by atoms with Gasteiger partial charge in [-0.1, -0.05) is 25.2 Å². The molecule has 0 heterocycles. The molecule has 0 aliphatic rings. The summed E-state index contributed by atoms with van der Waals surface area (Å²) in [7, 11) is -3.46. The lowest BCUT2D eigenvalue weighted by molar-refractivity contribution is 0.350. The summed E-state index contributed by atoms with van der Waals surface area (Å²) in [4.78, 5) is 0. The molecule has 1 aromatic carbocycles. The van der Waals surface area contributed by atoms with Crippen LogP contribution in [-0.4, -0.2) is 25.9 Å². The Morgan fingerprint density at radius 3 is 2.79 bits per heavy atom. The number of hydrogen-bond donors (Lipinski definition) is 2. The fraction of sp³-hybridized carbons (Fsp3) is 0.385. The van der Waals surface area contributed by atoms with Crippen LogP contribution in [0.2, 0.25) is 0 Å². The summed E-state index contributed by atoms with van der Waals surface area (Å²) in [6.45, 7) is 1.52. The molecular weight excluding hydrogens is 269 g/mol. The second-order valence-corrected chi connectivity index (χ2v) is 5.77. The molecule has 0 amide bonds. The lowest BCUT2D eigenvalue weighted by Gasteiger charge is -2.09. The quantitative estimate of drug-likeness (QED) is 0.809. The maximum atomic E-state index is 13.1. The molecule has 2 N–H and O–H groups in total. The molecule has 6 heteroatoms. The van der Waals surface area contributed by atoms with Crippen molar-refractivity contribution < 1.29 is 17.9 Å². The topological polar surface area (TPSA) is 66.4 Å². The molecule has 0 bridgehead atoms. The summed E-state index contributed by atoms with van der Waals surface area (Å²) in [5.41, 5.74) is 0.424. The van der Waals surface area contributed by atoms with Gasteiger partial charge in [-0.2, -0.15) is 0 Å². The minimum absolute atomic E-state index is 0.00768. The highest BCUT2D eigenvalue weighted by atomic mass is 32.2. The van der Waals surface area contributed by atoms with Crippen LogP contribution in [0.1, 0.15) is 25.3 Å². The van der Waals surface area contributed by atoms with Gasteiger partial charge in [0.15, 0.2) is 0 Å². The minimum Gasteiger partial charge on any atom is -0.384 e. The second-order valence-electron chi connectivity index (χ2n) is 3.92. The van der Waals surface area contributed by atoms with E-state index in [9.17, 15) is 12.8 Å². The predicted octanol–water partition coefficient (Wildman–Crippen LogP) is 1.71. The molecule has 0 unspecified atom stereocenters. The molecule has 0 spiro atoms. The van der Waals surface area contributed by atoms with E-state index in [0.717, 1.165) is 18.6 Å². The van der Waals surface area contributed by atoms with E-state index in [1.54, 1.807) is 0 Å². The van der Waals surface area contributed by atoms with Crippen molar-refractivity contribution in [3.8, 4) is 11.8 Å². The first-order chi connectivity index (χ1) is 8.98. The van der Waals surface area contributed by atoms with Crippen LogP contribution in [0.25, 0.3) is 0 Å². The van der Waals surface area contributed by atoms with E-state index >= 15 is 0 Å². The number of rotatable bonds is 5. The number of unbranched alkanes of at least 4 members (excludes halogenated alkanes) is 1. The smallest absolute Gasteiger partial charge is 0.232 e. The Kier molecular flexibility index (Phi) is 5.80. The van der Waals surface area contributed by atoms with Crippen molar-refractivity contribution in [2.45, 2.75) is 19.8 Å². The van der Waals surface area contributed by atoms with Crippen LogP contribution in [0.5, 0.6) is 0 Å². The fourth-order valence-corrected chi connectivity index (χ4v) is 2.68. The van der Waals surface area contributed by atoms with Crippen molar-refractivity contribution in [3.63, 3.8) is 0 Å².